The van der Waals surface area contributed by atoms with Crippen LogP contribution in [-0.4, -0.2) is 53.3 Å². The Kier molecular flexibility index (Phi) is 5.41. The predicted octanol–water partition coefficient (Wildman–Crippen LogP) is 1.29. The summed E-state index contributed by atoms with van der Waals surface area (Å²) >= 11 is 0. The molecular formula is C18H24N4O4. The zero-order valence-electron chi connectivity index (χ0n) is 15.3. The quantitative estimate of drug-likeness (QED) is 0.804. The second kappa shape index (κ2) is 7.74. The first-order chi connectivity index (χ1) is 12.5. The molecule has 8 nitrogen and oxygen atoms in total. The average Bonchev–Trinajstić information content (AvgIpc) is 3.30. The van der Waals surface area contributed by atoms with Crippen LogP contribution in [0.25, 0.3) is 0 Å². The highest BCUT2D eigenvalue weighted by Gasteiger charge is 2.41. The number of nitrogens with one attached hydrogen (secondary N) is 1. The number of nitrogens with zero attached hydrogens (tertiary/aromatic N) is 3. The van der Waals surface area contributed by atoms with Crippen LogP contribution in [0.15, 0.2) is 29.1 Å². The van der Waals surface area contributed by atoms with Crippen molar-refractivity contribution >= 4 is 11.8 Å². The van der Waals surface area contributed by atoms with Crippen molar-refractivity contribution in [2.45, 2.75) is 19.4 Å². The molecule has 1 N–H and O–H groups in total. The second-order valence-corrected chi connectivity index (χ2v) is 6.63. The van der Waals surface area contributed by atoms with E-state index in [-0.39, 0.29) is 29.5 Å². The van der Waals surface area contributed by atoms with E-state index in [0.717, 1.165) is 11.1 Å². The molecule has 0 unspecified atom stereocenters. The molecule has 1 aliphatic rings. The molecule has 0 radical (unpaired) electrons. The first kappa shape index (κ1) is 18.2. The predicted molar refractivity (Wildman–Crippen MR) is 93.4 cm³/mol. The largest absolute Gasteiger partial charge is 0.459 e. The van der Waals surface area contributed by atoms with Crippen LogP contribution in [0.2, 0.25) is 0 Å². The molecule has 2 aromatic heterocycles. The molecule has 26 heavy (non-hydrogen) atoms. The monoisotopic (exact) mass is 360 g/mol. The number of methoxy groups -OCH3 is 1. The summed E-state index contributed by atoms with van der Waals surface area (Å²) in [6, 6.07) is 1.56. The highest BCUT2D eigenvalue weighted by molar-refractivity contribution is 5.91. The number of ether oxygens (including phenoxy) is 1. The summed E-state index contributed by atoms with van der Waals surface area (Å²) in [6.07, 6.45) is 5.60. The Bertz CT molecular complexity index is 782. The third-order valence-electron chi connectivity index (χ3n) is 4.62. The van der Waals surface area contributed by atoms with Crippen molar-refractivity contribution in [3.05, 3.63) is 41.6 Å². The van der Waals surface area contributed by atoms with Gasteiger partial charge in [0.05, 0.1) is 25.1 Å². The van der Waals surface area contributed by atoms with Crippen molar-refractivity contribution in [2.75, 3.05) is 26.8 Å². The number of carbonyl (C=O) groups is 2. The molecule has 3 heterocycles. The summed E-state index contributed by atoms with van der Waals surface area (Å²) in [6.45, 7) is 3.22. The molecule has 0 bridgehead atoms. The SMILES string of the molecule is COCCN1C(=O)C[C@H](CNC(=O)c2cc(C)co2)[C@H]1c1cnn(C)c1. The number of rotatable bonds is 7. The normalized spacial score (nSPS) is 20.0. The Hall–Kier alpha value is -2.61. The molecule has 3 rings (SSSR count). The van der Waals surface area contributed by atoms with E-state index in [1.165, 1.54) is 0 Å². The fraction of sp³-hybridized carbons (Fsp3) is 0.500. The molecule has 140 valence electrons. The molecule has 2 atom stereocenters. The zero-order valence-corrected chi connectivity index (χ0v) is 15.3. The van der Waals surface area contributed by atoms with Gasteiger partial charge < -0.3 is 19.4 Å². The lowest BCUT2D eigenvalue weighted by atomic mass is 9.95. The minimum atomic E-state index is -0.272. The van der Waals surface area contributed by atoms with Gasteiger partial charge in [0.1, 0.15) is 0 Å². The maximum Gasteiger partial charge on any atom is 0.286 e. The second-order valence-electron chi connectivity index (χ2n) is 6.63. The van der Waals surface area contributed by atoms with Crippen molar-refractivity contribution in [2.24, 2.45) is 13.0 Å². The molecule has 1 fully saturated rings. The van der Waals surface area contributed by atoms with E-state index >= 15 is 0 Å². The zero-order chi connectivity index (χ0) is 18.7. The number of hydrogen-bond donors (Lipinski definition) is 1. The molecule has 0 aromatic carbocycles. The fourth-order valence-corrected chi connectivity index (χ4v) is 3.41. The lowest BCUT2D eigenvalue weighted by Gasteiger charge is -2.27. The van der Waals surface area contributed by atoms with Crippen molar-refractivity contribution in [1.29, 1.82) is 0 Å². The van der Waals surface area contributed by atoms with Gasteiger partial charge in [0.2, 0.25) is 5.91 Å². The molecule has 8 heteroatoms. The van der Waals surface area contributed by atoms with E-state index < -0.39 is 0 Å². The first-order valence-electron chi connectivity index (χ1n) is 8.60. The van der Waals surface area contributed by atoms with Gasteiger partial charge in [0.15, 0.2) is 5.76 Å². The molecule has 1 aliphatic heterocycles. The Morgan fingerprint density at radius 1 is 1.50 bits per heavy atom. The average molecular weight is 360 g/mol. The molecule has 2 aromatic rings. The van der Waals surface area contributed by atoms with E-state index in [0.29, 0.717) is 26.1 Å². The first-order valence-corrected chi connectivity index (χ1v) is 8.60. The highest BCUT2D eigenvalue weighted by Crippen LogP contribution is 2.37. The minimum Gasteiger partial charge on any atom is -0.459 e. The summed E-state index contributed by atoms with van der Waals surface area (Å²) < 4.78 is 12.1. The van der Waals surface area contributed by atoms with Crippen LogP contribution in [0.1, 0.15) is 34.1 Å². The number of hydrogen-bond acceptors (Lipinski definition) is 5. The molecule has 2 amide bonds. The lowest BCUT2D eigenvalue weighted by Crippen LogP contribution is -2.35. The summed E-state index contributed by atoms with van der Waals surface area (Å²) in [4.78, 5) is 26.6. The maximum atomic E-state index is 12.5. The van der Waals surface area contributed by atoms with E-state index in [1.54, 1.807) is 30.3 Å². The van der Waals surface area contributed by atoms with Gasteiger partial charge in [0.25, 0.3) is 5.91 Å². The summed E-state index contributed by atoms with van der Waals surface area (Å²) in [5, 5.41) is 7.11. The van der Waals surface area contributed by atoms with Gasteiger partial charge in [-0.1, -0.05) is 0 Å². The fourth-order valence-electron chi connectivity index (χ4n) is 3.41. The molecular weight excluding hydrogens is 336 g/mol. The number of furan rings is 1. The highest BCUT2D eigenvalue weighted by atomic mass is 16.5. The van der Waals surface area contributed by atoms with Crippen LogP contribution in [0.4, 0.5) is 0 Å². The van der Waals surface area contributed by atoms with Crippen molar-refractivity contribution < 1.29 is 18.7 Å². The van der Waals surface area contributed by atoms with E-state index in [9.17, 15) is 9.59 Å². The van der Waals surface area contributed by atoms with Crippen LogP contribution in [0.3, 0.4) is 0 Å². The van der Waals surface area contributed by atoms with Crippen LogP contribution < -0.4 is 5.32 Å². The standard InChI is InChI=1S/C18H24N4O4/c1-12-6-15(26-11-12)18(24)19-8-13-7-16(23)22(4-5-25-3)17(13)14-9-20-21(2)10-14/h6,9-11,13,17H,4-5,7-8H2,1-3H3,(H,19,24)/t13-,17+/m1/s1. The molecule has 1 saturated heterocycles. The van der Waals surface area contributed by atoms with Crippen LogP contribution >= 0.6 is 0 Å². The number of aromatic nitrogens is 2. The Morgan fingerprint density at radius 3 is 2.92 bits per heavy atom. The van der Waals surface area contributed by atoms with Gasteiger partial charge in [-0.05, 0) is 18.6 Å². The number of amides is 2. The Balaban J connectivity index is 1.73. The Labute approximate surface area is 152 Å². The van der Waals surface area contributed by atoms with Gasteiger partial charge in [-0.25, -0.2) is 0 Å². The summed E-state index contributed by atoms with van der Waals surface area (Å²) in [5.41, 5.74) is 1.85. The van der Waals surface area contributed by atoms with E-state index in [2.05, 4.69) is 10.4 Å². The van der Waals surface area contributed by atoms with E-state index in [1.807, 2.05) is 25.1 Å². The third kappa shape index (κ3) is 3.80. The van der Waals surface area contributed by atoms with Gasteiger partial charge >= 0.3 is 0 Å². The Morgan fingerprint density at radius 2 is 2.31 bits per heavy atom. The summed E-state index contributed by atoms with van der Waals surface area (Å²) in [7, 11) is 3.46. The molecule has 0 aliphatic carbocycles. The lowest BCUT2D eigenvalue weighted by molar-refractivity contribution is -0.129. The van der Waals surface area contributed by atoms with Crippen molar-refractivity contribution in [1.82, 2.24) is 20.0 Å². The van der Waals surface area contributed by atoms with Crippen LogP contribution in [0.5, 0.6) is 0 Å². The van der Waals surface area contributed by atoms with Crippen molar-refractivity contribution in [3.63, 3.8) is 0 Å². The van der Waals surface area contributed by atoms with Gasteiger partial charge in [0, 0.05) is 51.3 Å². The topological polar surface area (TPSA) is 89.6 Å². The maximum absolute atomic E-state index is 12.5. The molecule has 0 spiro atoms. The number of likely N-dealkylation sites (tertiary alicyclic amines) is 1. The van der Waals surface area contributed by atoms with Gasteiger partial charge in [-0.15, -0.1) is 0 Å². The number of carbonyl (C=O) groups excluding carboxylic acids is 2. The number of aryl methyl sites for hydroxylation is 2. The van der Waals surface area contributed by atoms with Crippen molar-refractivity contribution in [3.8, 4) is 0 Å². The van der Waals surface area contributed by atoms with Gasteiger partial charge in [-0.2, -0.15) is 5.10 Å². The molecule has 0 saturated carbocycles. The van der Waals surface area contributed by atoms with Crippen LogP contribution in [0, 0.1) is 12.8 Å². The van der Waals surface area contributed by atoms with Crippen LogP contribution in [-0.2, 0) is 16.6 Å². The summed E-state index contributed by atoms with van der Waals surface area (Å²) in [5.74, 6) is 0.0272. The van der Waals surface area contributed by atoms with E-state index in [4.69, 9.17) is 9.15 Å². The third-order valence-corrected chi connectivity index (χ3v) is 4.62. The smallest absolute Gasteiger partial charge is 0.286 e. The van der Waals surface area contributed by atoms with Gasteiger partial charge in [-0.3, -0.25) is 14.3 Å². The minimum absolute atomic E-state index is 0.0384.